The minimum Gasteiger partial charge on any atom is -0.477 e. The Morgan fingerprint density at radius 3 is 1.29 bits per heavy atom. The molecule has 26 N–H and O–H groups in total. The third-order valence-corrected chi connectivity index (χ3v) is 23.0. The first-order chi connectivity index (χ1) is 50.1. The molecule has 0 radical (unpaired) electrons. The van der Waals surface area contributed by atoms with Crippen LogP contribution < -0.4 is 5.73 Å². The largest absolute Gasteiger partial charge is 0.477 e. The van der Waals surface area contributed by atoms with Gasteiger partial charge in [-0.25, -0.2) is 4.79 Å². The van der Waals surface area contributed by atoms with E-state index in [2.05, 4.69) is 0 Å². The van der Waals surface area contributed by atoms with Crippen molar-refractivity contribution in [2.24, 2.45) is 29.4 Å². The molecule has 9 heterocycles. The van der Waals surface area contributed by atoms with Gasteiger partial charge in [-0.3, -0.25) is 0 Å². The molecule has 0 aromatic heterocycles. The first kappa shape index (κ1) is 88.5. The molecule has 106 heavy (non-hydrogen) atoms. The lowest BCUT2D eigenvalue weighted by atomic mass is 9.88. The van der Waals surface area contributed by atoms with Crippen molar-refractivity contribution in [3.8, 4) is 0 Å². The van der Waals surface area contributed by atoms with Gasteiger partial charge in [0.25, 0.3) is 5.79 Å². The molecule has 0 aliphatic carbocycles. The molecule has 0 spiro atoms. The predicted molar refractivity (Wildman–Crippen MR) is 344 cm³/mol. The van der Waals surface area contributed by atoms with Crippen molar-refractivity contribution in [1.29, 1.82) is 0 Å². The van der Waals surface area contributed by atoms with E-state index in [4.69, 9.17) is 86.3 Å². The van der Waals surface area contributed by atoms with E-state index < -0.39 is 351 Å². The van der Waals surface area contributed by atoms with Crippen LogP contribution in [0, 0.1) is 23.7 Å². The number of rotatable bonds is 28. The fraction of sp³-hybridized carbons (Fsp3) is 0.984. The second-order valence-corrected chi connectivity index (χ2v) is 30.0. The van der Waals surface area contributed by atoms with Crippen LogP contribution in [0.15, 0.2) is 0 Å². The number of aliphatic carboxylic acids is 1. The first-order valence-corrected chi connectivity index (χ1v) is 36.2. The molecule has 46 atom stereocenters. The molecule has 43 nitrogen and oxygen atoms in total. The molecule has 0 bridgehead atoms. The first-order valence-electron chi connectivity index (χ1n) is 35.0. The number of aliphatic hydroxyl groups is 23. The quantitative estimate of drug-likeness (QED) is 0.0255. The summed E-state index contributed by atoms with van der Waals surface area (Å²) < 4.78 is 101. The van der Waals surface area contributed by atoms with Crippen LogP contribution in [0.5, 0.6) is 0 Å². The molecule has 9 rings (SSSR count). The van der Waals surface area contributed by atoms with Crippen molar-refractivity contribution in [3.05, 3.63) is 0 Å². The van der Waals surface area contributed by atoms with Gasteiger partial charge in [-0.05, 0) is 6.92 Å². The van der Waals surface area contributed by atoms with Gasteiger partial charge >= 0.3 is 5.97 Å². The molecule has 0 saturated carbocycles. The van der Waals surface area contributed by atoms with Gasteiger partial charge in [0.05, 0.1) is 118 Å². The SMILES string of the molecule is CC1C(O)[C@H](O)[C@H](CO)O[C@H]1O[C@@H]1C(O)[C@H](O)C(CO)O[C@@H]1OCC1O[C@@H](O[C@@H]2C(CO)O[C@@H](O[C@@H]3C(CO)O[C@@H](C)[C@@H](C)C3O)[C@@H](C)C2O)[C@H](O)C(O[C@H]2O[C@H](CO)[C@@H](O)C(O)C2O[C@@H]2OC(CO)[C@H](O[C@@H]3OC(CO[C@]4(C(=O)O)C[C@@H](O)[C@@H](N)C(C(O)C(O)CO)O4)[C@H](I)C(O)[C@@H]3O)C(O)[C@@H]2C)[C@@H]1O. The summed E-state index contributed by atoms with van der Waals surface area (Å²) in [5.74, 6) is -8.87. The molecule has 0 aromatic rings. The van der Waals surface area contributed by atoms with Crippen LogP contribution in [0.1, 0.15) is 41.0 Å². The molecule has 0 amide bonds. The number of carbonyl (C=O) groups is 1. The van der Waals surface area contributed by atoms with E-state index in [-0.39, 0.29) is 0 Å². The van der Waals surface area contributed by atoms with E-state index in [1.54, 1.807) is 36.4 Å². The average molecular weight is 1660 g/mol. The normalized spacial score (nSPS) is 51.9. The minimum absolute atomic E-state index is 0.524. The number of carboxylic acid groups (broad SMARTS) is 1. The van der Waals surface area contributed by atoms with E-state index in [1.165, 1.54) is 20.8 Å². The number of aliphatic hydroxyl groups excluding tert-OH is 23. The number of hydrogen-bond acceptors (Lipinski definition) is 42. The third-order valence-electron chi connectivity index (χ3n) is 21.5. The Labute approximate surface area is 619 Å². The van der Waals surface area contributed by atoms with E-state index >= 15 is 0 Å². The van der Waals surface area contributed by atoms with Crippen molar-refractivity contribution in [1.82, 2.24) is 0 Å². The van der Waals surface area contributed by atoms with Crippen molar-refractivity contribution < 1.29 is 208 Å². The van der Waals surface area contributed by atoms with E-state index in [1.807, 2.05) is 0 Å². The van der Waals surface area contributed by atoms with E-state index in [0.29, 0.717) is 0 Å². The summed E-state index contributed by atoms with van der Waals surface area (Å²) in [7, 11) is 0. The molecule has 9 aliphatic rings. The number of hydrogen-bond donors (Lipinski definition) is 25. The highest BCUT2D eigenvalue weighted by Crippen LogP contribution is 2.42. The Morgan fingerprint density at radius 2 is 0.802 bits per heavy atom. The molecule has 19 unspecified atom stereocenters. The summed E-state index contributed by atoms with van der Waals surface area (Å²) in [6.07, 6.45) is -70.2. The lowest BCUT2D eigenvalue weighted by Crippen LogP contribution is -2.68. The smallest absolute Gasteiger partial charge is 0.364 e. The monoisotopic (exact) mass is 1660 g/mol. The zero-order valence-electron chi connectivity index (χ0n) is 58.1. The highest BCUT2D eigenvalue weighted by atomic mass is 127. The van der Waals surface area contributed by atoms with Crippen LogP contribution in [0.25, 0.3) is 0 Å². The van der Waals surface area contributed by atoms with Crippen LogP contribution in [0.2, 0.25) is 0 Å². The Bertz CT molecular complexity index is 2700. The van der Waals surface area contributed by atoms with Crippen molar-refractivity contribution in [3.63, 3.8) is 0 Å². The molecule has 9 aliphatic heterocycles. The molecular weight excluding hydrogens is 1560 g/mol. The Hall–Kier alpha value is -1.44. The highest BCUT2D eigenvalue weighted by molar-refractivity contribution is 14.1. The molecule has 9 saturated heterocycles. The molecule has 0 aromatic carbocycles. The third kappa shape index (κ3) is 18.4. The highest BCUT2D eigenvalue weighted by Gasteiger charge is 2.61. The van der Waals surface area contributed by atoms with Gasteiger partial charge in [0, 0.05) is 30.1 Å². The van der Waals surface area contributed by atoms with Crippen molar-refractivity contribution in [2.45, 2.75) is 296 Å². The summed E-state index contributed by atoms with van der Waals surface area (Å²) in [6.45, 7) is -0.838. The number of halogens is 1. The van der Waals surface area contributed by atoms with Gasteiger partial charge in [0.2, 0.25) is 0 Å². The predicted octanol–water partition coefficient (Wildman–Crippen LogP) is -13.8. The van der Waals surface area contributed by atoms with E-state index in [0.717, 1.165) is 0 Å². The summed E-state index contributed by atoms with van der Waals surface area (Å²) in [6, 6.07) is -1.51. The van der Waals surface area contributed by atoms with Crippen molar-refractivity contribution in [2.75, 3.05) is 59.5 Å². The van der Waals surface area contributed by atoms with Gasteiger partial charge in [0.15, 0.2) is 44.0 Å². The molecule has 44 heteroatoms. The second-order valence-electron chi connectivity index (χ2n) is 28.5. The van der Waals surface area contributed by atoms with Gasteiger partial charge in [-0.2, -0.15) is 0 Å². The molecular formula is C62H106INO42. The topological polar surface area (TPSA) is 686 Å². The van der Waals surface area contributed by atoms with Gasteiger partial charge in [0.1, 0.15) is 146 Å². The summed E-state index contributed by atoms with van der Waals surface area (Å²) in [4.78, 5) is 12.8. The Kier molecular flexibility index (Phi) is 31.6. The van der Waals surface area contributed by atoms with Crippen LogP contribution in [0.4, 0.5) is 0 Å². The fourth-order valence-corrected chi connectivity index (χ4v) is 15.1. The summed E-state index contributed by atoms with van der Waals surface area (Å²) in [5.41, 5.74) is 5.99. The standard InChI is InChI=1S/C62H106INO42/c1-16-20(5)92-26(11-69)47(34(16)75)100-55-18(3)35(76)49(28(13-71)96-55)102-58-46(87)51(41(82)30(99-58)14-90-59-52(43(84)39(80)24(9-67)94-59)104-54-17(2)33(74)38(79)23(8-66)93-54)103-60-53(44(85)40(81)25(10-68)95-60)105-56-19(4)36(77)48(27(12-70)97-56)101-57-45(86)42(83)31(63)29(98-57)15-91-62(61(88)89)6-21(72)32(64)50(106-62)37(78)22(73)7-65/h16-60,65-87H,6-15,64H2,1-5H3,(H,88,89)/t16-,17?,18+,19+,20+,21-,22?,23+,24?,25-,26?,27?,28?,29?,30?,31+,32-,33?,34?,35?,36?,37?,38-,39-,40-,41-,42?,43?,44?,45+,46-,47-,48+,49-,50?,51?,52-,53?,54+,55+,56+,57+,58+,59+,60-,62-/m1/s1. The fourth-order valence-electron chi connectivity index (χ4n) is 14.3. The van der Waals surface area contributed by atoms with Crippen LogP contribution in [-0.2, 0) is 85.3 Å². The maximum Gasteiger partial charge on any atom is 0.364 e. The van der Waals surface area contributed by atoms with Gasteiger partial charge in [-0.15, -0.1) is 0 Å². The number of alkyl halides is 1. The van der Waals surface area contributed by atoms with Crippen molar-refractivity contribution >= 4 is 28.6 Å². The van der Waals surface area contributed by atoms with Gasteiger partial charge in [-0.1, -0.05) is 50.3 Å². The van der Waals surface area contributed by atoms with E-state index in [9.17, 15) is 127 Å². The summed E-state index contributed by atoms with van der Waals surface area (Å²) in [5, 5.41) is 264. The van der Waals surface area contributed by atoms with Gasteiger partial charge < -0.3 is 209 Å². The Balaban J connectivity index is 0.963. The van der Waals surface area contributed by atoms with Crippen LogP contribution >= 0.6 is 22.6 Å². The zero-order chi connectivity index (χ0) is 78.1. The Morgan fingerprint density at radius 1 is 0.415 bits per heavy atom. The number of nitrogens with two attached hydrogens (primary N) is 1. The lowest BCUT2D eigenvalue weighted by Gasteiger charge is -2.51. The van der Waals surface area contributed by atoms with Crippen LogP contribution in [0.3, 0.4) is 0 Å². The zero-order valence-corrected chi connectivity index (χ0v) is 60.2. The lowest BCUT2D eigenvalue weighted by molar-refractivity contribution is -0.401. The maximum atomic E-state index is 12.8. The number of ether oxygens (including phenoxy) is 17. The molecule has 618 valence electrons. The second kappa shape index (κ2) is 37.9. The number of carboxylic acids is 1. The average Bonchev–Trinajstić information content (AvgIpc) is 0.778. The minimum atomic E-state index is -2.82. The summed E-state index contributed by atoms with van der Waals surface area (Å²) >= 11 is 1.65. The maximum absolute atomic E-state index is 12.8. The van der Waals surface area contributed by atoms with Crippen LogP contribution in [-0.4, -0.2) is 443 Å². The molecule has 9 fully saturated rings.